The Morgan fingerprint density at radius 1 is 1.05 bits per heavy atom. The standard InChI is InChI=1S/C16H13N3S2/c1-11-6-2-3-7-12(11)10-20-15-17-18-16-19(15)13-8-4-5-9-14(13)21-16/h2-9H,10H2,1H3. The van der Waals surface area contributed by atoms with Gasteiger partial charge in [-0.15, -0.1) is 10.2 Å². The third-order valence-electron chi connectivity index (χ3n) is 3.53. The van der Waals surface area contributed by atoms with Crippen LogP contribution in [0.2, 0.25) is 0 Å². The number of thioether (sulfide) groups is 1. The fraction of sp³-hybridized carbons (Fsp3) is 0.125. The smallest absolute Gasteiger partial charge is 0.217 e. The minimum Gasteiger partial charge on any atom is -0.260 e. The van der Waals surface area contributed by atoms with E-state index in [1.54, 1.807) is 23.1 Å². The van der Waals surface area contributed by atoms with E-state index in [-0.39, 0.29) is 0 Å². The highest BCUT2D eigenvalue weighted by molar-refractivity contribution is 7.98. The van der Waals surface area contributed by atoms with E-state index < -0.39 is 0 Å². The van der Waals surface area contributed by atoms with Crippen LogP contribution in [0.15, 0.2) is 53.7 Å². The molecule has 4 aromatic rings. The van der Waals surface area contributed by atoms with Crippen molar-refractivity contribution in [2.24, 2.45) is 0 Å². The molecule has 0 radical (unpaired) electrons. The molecule has 0 saturated heterocycles. The van der Waals surface area contributed by atoms with Gasteiger partial charge in [-0.25, -0.2) is 0 Å². The first-order chi connectivity index (χ1) is 10.3. The van der Waals surface area contributed by atoms with E-state index in [4.69, 9.17) is 0 Å². The molecule has 0 unspecified atom stereocenters. The Hall–Kier alpha value is -1.85. The molecule has 0 N–H and O–H groups in total. The lowest BCUT2D eigenvalue weighted by Crippen LogP contribution is -1.89. The van der Waals surface area contributed by atoms with Crippen LogP contribution in [0, 0.1) is 6.92 Å². The van der Waals surface area contributed by atoms with E-state index >= 15 is 0 Å². The summed E-state index contributed by atoms with van der Waals surface area (Å²) < 4.78 is 3.41. The van der Waals surface area contributed by atoms with Crippen LogP contribution in [0.3, 0.4) is 0 Å². The number of hydrogen-bond donors (Lipinski definition) is 0. The van der Waals surface area contributed by atoms with Crippen LogP contribution in [0.1, 0.15) is 11.1 Å². The van der Waals surface area contributed by atoms with Gasteiger partial charge in [0.15, 0.2) is 5.16 Å². The van der Waals surface area contributed by atoms with E-state index in [0.29, 0.717) is 0 Å². The lowest BCUT2D eigenvalue weighted by atomic mass is 10.1. The molecule has 0 aliphatic carbocycles. The van der Waals surface area contributed by atoms with Gasteiger partial charge in [0.05, 0.1) is 10.2 Å². The van der Waals surface area contributed by atoms with Gasteiger partial charge < -0.3 is 0 Å². The van der Waals surface area contributed by atoms with E-state index in [1.165, 1.54) is 21.3 Å². The molecule has 5 heteroatoms. The van der Waals surface area contributed by atoms with Crippen molar-refractivity contribution in [3.05, 3.63) is 59.7 Å². The highest BCUT2D eigenvalue weighted by Crippen LogP contribution is 2.31. The normalized spacial score (nSPS) is 11.5. The maximum absolute atomic E-state index is 4.34. The summed E-state index contributed by atoms with van der Waals surface area (Å²) in [6.07, 6.45) is 0. The van der Waals surface area contributed by atoms with E-state index in [9.17, 15) is 0 Å². The van der Waals surface area contributed by atoms with Gasteiger partial charge in [-0.3, -0.25) is 4.40 Å². The van der Waals surface area contributed by atoms with Gasteiger partial charge in [0.2, 0.25) is 4.96 Å². The number of benzene rings is 2. The molecular formula is C16H13N3S2. The fourth-order valence-electron chi connectivity index (χ4n) is 2.36. The number of fused-ring (bicyclic) bond motifs is 3. The highest BCUT2D eigenvalue weighted by Gasteiger charge is 2.12. The van der Waals surface area contributed by atoms with Crippen LogP contribution < -0.4 is 0 Å². The molecule has 2 heterocycles. The lowest BCUT2D eigenvalue weighted by molar-refractivity contribution is 0.940. The zero-order valence-corrected chi connectivity index (χ0v) is 13.1. The molecule has 0 spiro atoms. The maximum Gasteiger partial charge on any atom is 0.217 e. The Morgan fingerprint density at radius 2 is 1.86 bits per heavy atom. The van der Waals surface area contributed by atoms with Gasteiger partial charge in [-0.1, -0.05) is 59.5 Å². The second kappa shape index (κ2) is 5.16. The molecule has 104 valence electrons. The lowest BCUT2D eigenvalue weighted by Gasteiger charge is -2.03. The molecule has 3 nitrogen and oxygen atoms in total. The van der Waals surface area contributed by atoms with Crippen molar-refractivity contribution in [2.45, 2.75) is 17.8 Å². The first-order valence-corrected chi connectivity index (χ1v) is 8.53. The third-order valence-corrected chi connectivity index (χ3v) is 5.52. The summed E-state index contributed by atoms with van der Waals surface area (Å²) in [5.41, 5.74) is 3.86. The zero-order chi connectivity index (χ0) is 14.2. The van der Waals surface area contributed by atoms with Crippen LogP contribution in [0.4, 0.5) is 0 Å². The summed E-state index contributed by atoms with van der Waals surface area (Å²) >= 11 is 3.42. The average Bonchev–Trinajstić information content (AvgIpc) is 3.05. The van der Waals surface area contributed by atoms with Crippen LogP contribution in [-0.4, -0.2) is 14.6 Å². The van der Waals surface area contributed by atoms with Gasteiger partial charge in [-0.2, -0.15) is 0 Å². The van der Waals surface area contributed by atoms with Crippen molar-refractivity contribution < 1.29 is 0 Å². The minimum absolute atomic E-state index is 0.914. The van der Waals surface area contributed by atoms with Crippen molar-refractivity contribution >= 4 is 38.3 Å². The van der Waals surface area contributed by atoms with Gasteiger partial charge in [0, 0.05) is 5.75 Å². The molecule has 0 saturated carbocycles. The molecule has 2 aromatic heterocycles. The Morgan fingerprint density at radius 3 is 2.76 bits per heavy atom. The number of aryl methyl sites for hydroxylation is 1. The second-order valence-electron chi connectivity index (χ2n) is 4.89. The van der Waals surface area contributed by atoms with Crippen molar-refractivity contribution in [3.63, 3.8) is 0 Å². The van der Waals surface area contributed by atoms with Crippen LogP contribution >= 0.6 is 23.1 Å². The number of nitrogens with zero attached hydrogens (tertiary/aromatic N) is 3. The highest BCUT2D eigenvalue weighted by atomic mass is 32.2. The quantitative estimate of drug-likeness (QED) is 0.520. The molecule has 0 amide bonds. The van der Waals surface area contributed by atoms with Crippen molar-refractivity contribution in [2.75, 3.05) is 0 Å². The molecule has 0 aliphatic heterocycles. The molecule has 0 bridgehead atoms. The summed E-state index contributed by atoms with van der Waals surface area (Å²) in [4.78, 5) is 0.962. The molecule has 2 aromatic carbocycles. The average molecular weight is 311 g/mol. The molecule has 0 atom stereocenters. The van der Waals surface area contributed by atoms with Gasteiger partial charge in [0.25, 0.3) is 0 Å². The first kappa shape index (κ1) is 12.9. The zero-order valence-electron chi connectivity index (χ0n) is 11.5. The van der Waals surface area contributed by atoms with Gasteiger partial charge in [-0.05, 0) is 30.2 Å². The Kier molecular flexibility index (Phi) is 3.16. The second-order valence-corrected chi connectivity index (χ2v) is 6.84. The first-order valence-electron chi connectivity index (χ1n) is 6.73. The number of hydrogen-bond acceptors (Lipinski definition) is 4. The summed E-state index contributed by atoms with van der Waals surface area (Å²) in [5, 5.41) is 9.60. The Labute approximate surface area is 130 Å². The van der Waals surface area contributed by atoms with Gasteiger partial charge in [0.1, 0.15) is 0 Å². The SMILES string of the molecule is Cc1ccccc1CSc1nnc2sc3ccccc3n12. The summed E-state index contributed by atoms with van der Waals surface area (Å²) in [5.74, 6) is 0.914. The summed E-state index contributed by atoms with van der Waals surface area (Å²) in [7, 11) is 0. The number of aromatic nitrogens is 3. The molecular weight excluding hydrogens is 298 g/mol. The van der Waals surface area contributed by atoms with E-state index in [0.717, 1.165) is 15.9 Å². The monoisotopic (exact) mass is 311 g/mol. The molecule has 0 fully saturated rings. The van der Waals surface area contributed by atoms with Crippen molar-refractivity contribution in [1.29, 1.82) is 0 Å². The van der Waals surface area contributed by atoms with Crippen LogP contribution in [0.5, 0.6) is 0 Å². The Balaban J connectivity index is 1.72. The van der Waals surface area contributed by atoms with Crippen LogP contribution in [-0.2, 0) is 5.75 Å². The predicted molar refractivity (Wildman–Crippen MR) is 89.1 cm³/mol. The van der Waals surface area contributed by atoms with Crippen LogP contribution in [0.25, 0.3) is 15.2 Å². The molecule has 4 rings (SSSR count). The van der Waals surface area contributed by atoms with Gasteiger partial charge >= 0.3 is 0 Å². The number of para-hydroxylation sites is 1. The maximum atomic E-state index is 4.34. The largest absolute Gasteiger partial charge is 0.260 e. The third kappa shape index (κ3) is 2.22. The Bertz CT molecular complexity index is 923. The predicted octanol–water partition coefficient (Wildman–Crippen LogP) is 4.54. The minimum atomic E-state index is 0.914. The summed E-state index contributed by atoms with van der Waals surface area (Å²) in [6.45, 7) is 2.15. The number of rotatable bonds is 3. The summed E-state index contributed by atoms with van der Waals surface area (Å²) in [6, 6.07) is 16.9. The van der Waals surface area contributed by atoms with E-state index in [2.05, 4.69) is 70.1 Å². The number of thiazole rings is 1. The van der Waals surface area contributed by atoms with Crippen molar-refractivity contribution in [3.8, 4) is 0 Å². The fourth-order valence-corrected chi connectivity index (χ4v) is 4.41. The topological polar surface area (TPSA) is 30.2 Å². The van der Waals surface area contributed by atoms with Crippen molar-refractivity contribution in [1.82, 2.24) is 14.6 Å². The molecule has 0 aliphatic rings. The molecule has 21 heavy (non-hydrogen) atoms. The van der Waals surface area contributed by atoms with E-state index in [1.807, 2.05) is 0 Å².